The number of aromatic nitrogens is 3. The molecule has 162 valence electrons. The van der Waals surface area contributed by atoms with Gasteiger partial charge in [-0.3, -0.25) is 9.36 Å². The fourth-order valence-corrected chi connectivity index (χ4v) is 3.97. The maximum Gasteiger partial charge on any atom is 0.234 e. The molecule has 6 nitrogen and oxygen atoms in total. The number of nitrogens with one attached hydrogen (secondary N) is 1. The molecule has 0 aliphatic rings. The van der Waals surface area contributed by atoms with Crippen molar-refractivity contribution in [2.75, 3.05) is 17.7 Å². The minimum atomic E-state index is -0.115. The third-order valence-corrected chi connectivity index (χ3v) is 5.71. The van der Waals surface area contributed by atoms with Crippen LogP contribution in [0.5, 0.6) is 5.75 Å². The Morgan fingerprint density at radius 2 is 1.72 bits per heavy atom. The van der Waals surface area contributed by atoms with E-state index in [9.17, 15) is 4.79 Å². The van der Waals surface area contributed by atoms with Gasteiger partial charge in [-0.15, -0.1) is 10.2 Å². The van der Waals surface area contributed by atoms with Gasteiger partial charge >= 0.3 is 0 Å². The summed E-state index contributed by atoms with van der Waals surface area (Å²) in [4.78, 5) is 12.4. The highest BCUT2D eigenvalue weighted by Crippen LogP contribution is 2.29. The predicted octanol–water partition coefficient (Wildman–Crippen LogP) is 5.72. The van der Waals surface area contributed by atoms with Crippen molar-refractivity contribution in [3.05, 3.63) is 83.9 Å². The molecule has 8 heteroatoms. The summed E-state index contributed by atoms with van der Waals surface area (Å²) < 4.78 is 7.49. The Bertz CT molecular complexity index is 1180. The number of rotatable bonds is 8. The van der Waals surface area contributed by atoms with Gasteiger partial charge < -0.3 is 10.1 Å². The Morgan fingerprint density at radius 1 is 1.00 bits per heavy atom. The molecule has 1 amide bonds. The number of amides is 1. The van der Waals surface area contributed by atoms with Crippen molar-refractivity contribution in [3.63, 3.8) is 0 Å². The standard InChI is InChI=1S/C24H21ClN4O2S/c1-2-31-21-14-12-20(13-15-21)29-23(17-8-10-18(25)11-9-17)27-28-24(29)32-16-22(30)26-19-6-4-3-5-7-19/h3-15H,2,16H2,1H3,(H,26,30). The topological polar surface area (TPSA) is 69.0 Å². The van der Waals surface area contributed by atoms with E-state index in [1.165, 1.54) is 11.8 Å². The quantitative estimate of drug-likeness (QED) is 0.338. The van der Waals surface area contributed by atoms with Crippen LogP contribution < -0.4 is 10.1 Å². The molecule has 32 heavy (non-hydrogen) atoms. The first kappa shape index (κ1) is 21.9. The van der Waals surface area contributed by atoms with Crippen molar-refractivity contribution in [1.82, 2.24) is 14.8 Å². The molecule has 1 aromatic heterocycles. The van der Waals surface area contributed by atoms with Crippen LogP contribution in [0.1, 0.15) is 6.92 Å². The SMILES string of the molecule is CCOc1ccc(-n2c(SCC(=O)Nc3ccccc3)nnc2-c2ccc(Cl)cc2)cc1. The van der Waals surface area contributed by atoms with Crippen LogP contribution in [0.2, 0.25) is 5.02 Å². The Balaban J connectivity index is 1.61. The fourth-order valence-electron chi connectivity index (χ4n) is 3.09. The van der Waals surface area contributed by atoms with Crippen LogP contribution in [0.4, 0.5) is 5.69 Å². The Morgan fingerprint density at radius 3 is 2.41 bits per heavy atom. The summed E-state index contributed by atoms with van der Waals surface area (Å²) in [5.41, 5.74) is 2.50. The number of halogens is 1. The van der Waals surface area contributed by atoms with E-state index in [4.69, 9.17) is 16.3 Å². The van der Waals surface area contributed by atoms with Crippen LogP contribution in [0, 0.1) is 0 Å². The van der Waals surface area contributed by atoms with E-state index >= 15 is 0 Å². The van der Waals surface area contributed by atoms with E-state index in [1.807, 2.05) is 90.4 Å². The van der Waals surface area contributed by atoms with Crippen LogP contribution in [-0.4, -0.2) is 33.0 Å². The van der Waals surface area contributed by atoms with Gasteiger partial charge in [-0.05, 0) is 67.6 Å². The minimum Gasteiger partial charge on any atom is -0.494 e. The van der Waals surface area contributed by atoms with E-state index < -0.39 is 0 Å². The van der Waals surface area contributed by atoms with Crippen LogP contribution in [0.3, 0.4) is 0 Å². The lowest BCUT2D eigenvalue weighted by molar-refractivity contribution is -0.113. The predicted molar refractivity (Wildman–Crippen MR) is 129 cm³/mol. The number of para-hydroxylation sites is 1. The van der Waals surface area contributed by atoms with Crippen molar-refractivity contribution in [2.24, 2.45) is 0 Å². The van der Waals surface area contributed by atoms with Gasteiger partial charge in [0.1, 0.15) is 5.75 Å². The molecule has 1 N–H and O–H groups in total. The summed E-state index contributed by atoms with van der Waals surface area (Å²) in [6, 6.07) is 24.5. The maximum atomic E-state index is 12.4. The molecular weight excluding hydrogens is 444 g/mol. The van der Waals surface area contributed by atoms with Gasteiger partial charge in [0.15, 0.2) is 11.0 Å². The lowest BCUT2D eigenvalue weighted by Gasteiger charge is -2.12. The molecule has 0 fully saturated rings. The van der Waals surface area contributed by atoms with E-state index in [-0.39, 0.29) is 11.7 Å². The molecule has 4 rings (SSSR count). The Labute approximate surface area is 195 Å². The average molecular weight is 465 g/mol. The van der Waals surface area contributed by atoms with Crippen molar-refractivity contribution >= 4 is 35.0 Å². The van der Waals surface area contributed by atoms with Crippen molar-refractivity contribution in [1.29, 1.82) is 0 Å². The molecule has 0 atom stereocenters. The first-order valence-electron chi connectivity index (χ1n) is 10.1. The average Bonchev–Trinajstić information content (AvgIpc) is 3.23. The second-order valence-electron chi connectivity index (χ2n) is 6.78. The highest BCUT2D eigenvalue weighted by molar-refractivity contribution is 7.99. The van der Waals surface area contributed by atoms with E-state index in [2.05, 4.69) is 15.5 Å². The summed E-state index contributed by atoms with van der Waals surface area (Å²) >= 11 is 7.38. The Hall–Kier alpha value is -3.29. The molecule has 0 spiro atoms. The molecule has 4 aromatic rings. The number of nitrogens with zero attached hydrogens (tertiary/aromatic N) is 3. The number of thioether (sulfide) groups is 1. The zero-order chi connectivity index (χ0) is 22.3. The Kier molecular flexibility index (Phi) is 7.09. The second kappa shape index (κ2) is 10.3. The van der Waals surface area contributed by atoms with Crippen molar-refractivity contribution in [2.45, 2.75) is 12.1 Å². The highest BCUT2D eigenvalue weighted by Gasteiger charge is 2.17. The first-order valence-corrected chi connectivity index (χ1v) is 11.4. The molecule has 0 aliphatic heterocycles. The summed E-state index contributed by atoms with van der Waals surface area (Å²) in [6.45, 7) is 2.54. The van der Waals surface area contributed by atoms with E-state index in [0.717, 1.165) is 22.7 Å². The summed E-state index contributed by atoms with van der Waals surface area (Å²) in [5.74, 6) is 1.53. The summed E-state index contributed by atoms with van der Waals surface area (Å²) in [5, 5.41) is 12.9. The van der Waals surface area contributed by atoms with Gasteiger partial charge in [-0.2, -0.15) is 0 Å². The molecule has 0 saturated carbocycles. The molecule has 0 aliphatic carbocycles. The van der Waals surface area contributed by atoms with Crippen LogP contribution >= 0.6 is 23.4 Å². The number of carbonyl (C=O) groups excluding carboxylic acids is 1. The molecule has 3 aromatic carbocycles. The molecule has 0 bridgehead atoms. The number of ether oxygens (including phenoxy) is 1. The minimum absolute atomic E-state index is 0.115. The number of anilines is 1. The first-order chi connectivity index (χ1) is 15.6. The van der Waals surface area contributed by atoms with E-state index in [1.54, 1.807) is 0 Å². The molecule has 1 heterocycles. The number of carbonyl (C=O) groups is 1. The van der Waals surface area contributed by atoms with Gasteiger partial charge in [-0.25, -0.2) is 0 Å². The molecule has 0 radical (unpaired) electrons. The molecule has 0 unspecified atom stereocenters. The van der Waals surface area contributed by atoms with Crippen molar-refractivity contribution < 1.29 is 9.53 Å². The largest absolute Gasteiger partial charge is 0.494 e. The molecular formula is C24H21ClN4O2S. The molecule has 0 saturated heterocycles. The van der Waals surface area contributed by atoms with Gasteiger partial charge in [0.2, 0.25) is 5.91 Å². The van der Waals surface area contributed by atoms with Crippen molar-refractivity contribution in [3.8, 4) is 22.8 Å². The van der Waals surface area contributed by atoms with Crippen LogP contribution in [0.25, 0.3) is 17.1 Å². The van der Waals surface area contributed by atoms with Gasteiger partial charge in [0, 0.05) is 22.0 Å². The number of benzene rings is 3. The van der Waals surface area contributed by atoms with Gasteiger partial charge in [0.05, 0.1) is 12.4 Å². The highest BCUT2D eigenvalue weighted by atomic mass is 35.5. The van der Waals surface area contributed by atoms with E-state index in [0.29, 0.717) is 22.6 Å². The zero-order valence-electron chi connectivity index (χ0n) is 17.4. The number of hydrogen-bond acceptors (Lipinski definition) is 5. The third-order valence-electron chi connectivity index (χ3n) is 4.53. The second-order valence-corrected chi connectivity index (χ2v) is 8.16. The van der Waals surface area contributed by atoms with Crippen LogP contribution in [0.15, 0.2) is 84.0 Å². The number of hydrogen-bond donors (Lipinski definition) is 1. The summed E-state index contributed by atoms with van der Waals surface area (Å²) in [7, 11) is 0. The maximum absolute atomic E-state index is 12.4. The smallest absolute Gasteiger partial charge is 0.234 e. The monoisotopic (exact) mass is 464 g/mol. The fraction of sp³-hybridized carbons (Fsp3) is 0.125. The van der Waals surface area contributed by atoms with Gasteiger partial charge in [-0.1, -0.05) is 41.6 Å². The third kappa shape index (κ3) is 5.30. The van der Waals surface area contributed by atoms with Crippen LogP contribution in [-0.2, 0) is 4.79 Å². The normalized spacial score (nSPS) is 10.7. The lowest BCUT2D eigenvalue weighted by Crippen LogP contribution is -2.14. The zero-order valence-corrected chi connectivity index (χ0v) is 18.9. The lowest BCUT2D eigenvalue weighted by atomic mass is 10.2. The summed E-state index contributed by atoms with van der Waals surface area (Å²) in [6.07, 6.45) is 0. The van der Waals surface area contributed by atoms with Gasteiger partial charge in [0.25, 0.3) is 0 Å².